The Morgan fingerprint density at radius 1 is 0.264 bits per heavy atom. The second-order valence-electron chi connectivity index (χ2n) is 32.7. The number of phosphoric ester groups is 2. The molecular weight excluding hydrogens is 1380 g/mol. The van der Waals surface area contributed by atoms with Gasteiger partial charge in [-0.15, -0.1) is 0 Å². The van der Waals surface area contributed by atoms with E-state index in [1.807, 2.05) is 0 Å². The Morgan fingerprint density at radius 3 is 0.670 bits per heavy atom. The van der Waals surface area contributed by atoms with Gasteiger partial charge in [-0.05, 0) is 49.4 Å². The van der Waals surface area contributed by atoms with Crippen LogP contribution in [0.15, 0.2) is 0 Å². The molecule has 0 saturated heterocycles. The van der Waals surface area contributed by atoms with E-state index < -0.39 is 97.5 Å². The molecule has 0 bridgehead atoms. The number of carbonyl (C=O) groups excluding carboxylic acids is 4. The highest BCUT2D eigenvalue weighted by Crippen LogP contribution is 2.45. The lowest BCUT2D eigenvalue weighted by atomic mass is 9.99. The maximum Gasteiger partial charge on any atom is 0.472 e. The van der Waals surface area contributed by atoms with Crippen LogP contribution in [-0.2, 0) is 65.4 Å². The molecule has 3 N–H and O–H groups in total. The largest absolute Gasteiger partial charge is 0.472 e. The lowest BCUT2D eigenvalue weighted by Gasteiger charge is -2.21. The zero-order valence-corrected chi connectivity index (χ0v) is 71.9. The minimum atomic E-state index is -4.97. The first kappa shape index (κ1) is 104. The summed E-state index contributed by atoms with van der Waals surface area (Å²) in [5.41, 5.74) is 0. The molecule has 4 unspecified atom stereocenters. The number of unbranched alkanes of at least 4 members (excludes halogenated alkanes) is 48. The molecule has 17 nitrogen and oxygen atoms in total. The summed E-state index contributed by atoms with van der Waals surface area (Å²) in [6.07, 6.45) is 65.3. The smallest absolute Gasteiger partial charge is 0.462 e. The van der Waals surface area contributed by atoms with Crippen molar-refractivity contribution in [1.29, 1.82) is 0 Å². The van der Waals surface area contributed by atoms with Crippen LogP contribution in [0.5, 0.6) is 0 Å². The zero-order chi connectivity index (χ0) is 78.1. The van der Waals surface area contributed by atoms with Gasteiger partial charge in [0.1, 0.15) is 19.3 Å². The number of aliphatic hydroxyl groups excluding tert-OH is 1. The van der Waals surface area contributed by atoms with Crippen molar-refractivity contribution in [1.82, 2.24) is 0 Å². The first-order valence-electron chi connectivity index (χ1n) is 44.8. The van der Waals surface area contributed by atoms with E-state index in [-0.39, 0.29) is 25.7 Å². The van der Waals surface area contributed by atoms with Gasteiger partial charge in [0.25, 0.3) is 0 Å². The van der Waals surface area contributed by atoms with E-state index in [0.717, 1.165) is 120 Å². The molecule has 7 atom stereocenters. The Labute approximate surface area is 651 Å². The molecule has 0 aliphatic rings. The molecule has 0 aliphatic carbocycles. The Bertz CT molecular complexity index is 2060. The maximum absolute atomic E-state index is 13.1. The number of phosphoric acid groups is 2. The summed E-state index contributed by atoms with van der Waals surface area (Å²) >= 11 is 0. The van der Waals surface area contributed by atoms with E-state index in [1.54, 1.807) is 0 Å². The van der Waals surface area contributed by atoms with Gasteiger partial charge in [-0.1, -0.05) is 402 Å². The van der Waals surface area contributed by atoms with Crippen molar-refractivity contribution >= 4 is 39.5 Å². The Hall–Kier alpha value is -1.94. The Morgan fingerprint density at radius 2 is 0.453 bits per heavy atom. The fourth-order valence-corrected chi connectivity index (χ4v) is 15.0. The molecule has 0 saturated carbocycles. The number of carbonyl (C=O) groups is 4. The topological polar surface area (TPSA) is 237 Å². The molecule has 0 radical (unpaired) electrons. The molecule has 0 spiro atoms. The minimum absolute atomic E-state index is 0.107. The third-order valence-electron chi connectivity index (χ3n) is 21.0. The molecule has 0 aromatic rings. The molecule has 0 aliphatic heterocycles. The van der Waals surface area contributed by atoms with Gasteiger partial charge in [0, 0.05) is 25.7 Å². The summed E-state index contributed by atoms with van der Waals surface area (Å²) in [5, 5.41) is 10.7. The first-order chi connectivity index (χ1) is 51.2. The lowest BCUT2D eigenvalue weighted by molar-refractivity contribution is -0.161. The summed E-state index contributed by atoms with van der Waals surface area (Å²) < 4.78 is 68.9. The fraction of sp³-hybridized carbons (Fsp3) is 0.954. The number of esters is 4. The van der Waals surface area contributed by atoms with Crippen LogP contribution in [-0.4, -0.2) is 96.7 Å². The monoisotopic (exact) mass is 1550 g/mol. The summed E-state index contributed by atoms with van der Waals surface area (Å²) in [5.74, 6) is 1.09. The molecule has 0 aromatic heterocycles. The van der Waals surface area contributed by atoms with E-state index in [0.29, 0.717) is 25.7 Å². The van der Waals surface area contributed by atoms with Crippen molar-refractivity contribution in [3.8, 4) is 0 Å². The van der Waals surface area contributed by atoms with Crippen LogP contribution in [0.3, 0.4) is 0 Å². The van der Waals surface area contributed by atoms with E-state index in [4.69, 9.17) is 37.0 Å². The predicted molar refractivity (Wildman–Crippen MR) is 437 cm³/mol. The minimum Gasteiger partial charge on any atom is -0.462 e. The van der Waals surface area contributed by atoms with Crippen molar-refractivity contribution in [2.45, 2.75) is 472 Å². The van der Waals surface area contributed by atoms with E-state index in [1.165, 1.54) is 250 Å². The highest BCUT2D eigenvalue weighted by molar-refractivity contribution is 7.47. The average molecular weight is 1550 g/mol. The molecule has 0 amide bonds. The summed E-state index contributed by atoms with van der Waals surface area (Å²) in [6, 6.07) is 0. The molecule has 0 aromatic carbocycles. The highest BCUT2D eigenvalue weighted by Gasteiger charge is 2.31. The maximum atomic E-state index is 13.1. The van der Waals surface area contributed by atoms with Gasteiger partial charge in [-0.2, -0.15) is 0 Å². The van der Waals surface area contributed by atoms with Gasteiger partial charge in [0.2, 0.25) is 0 Å². The van der Waals surface area contributed by atoms with Crippen molar-refractivity contribution < 1.29 is 80.2 Å². The predicted octanol–water partition coefficient (Wildman–Crippen LogP) is 26.3. The van der Waals surface area contributed by atoms with Gasteiger partial charge in [-0.3, -0.25) is 37.3 Å². The molecular formula is C87H170O17P2. The second kappa shape index (κ2) is 75.7. The van der Waals surface area contributed by atoms with Gasteiger partial charge in [0.15, 0.2) is 12.2 Å². The number of hydrogen-bond donors (Lipinski definition) is 3. The van der Waals surface area contributed by atoms with Crippen molar-refractivity contribution in [3.05, 3.63) is 0 Å². The lowest BCUT2D eigenvalue weighted by Crippen LogP contribution is -2.30. The third-order valence-corrected chi connectivity index (χ3v) is 22.9. The molecule has 0 heterocycles. The highest BCUT2D eigenvalue weighted by atomic mass is 31.2. The molecule has 630 valence electrons. The average Bonchev–Trinajstić information content (AvgIpc) is 0.902. The van der Waals surface area contributed by atoms with E-state index >= 15 is 0 Å². The number of aliphatic hydroxyl groups is 1. The van der Waals surface area contributed by atoms with Gasteiger partial charge in [0.05, 0.1) is 26.4 Å². The Kier molecular flexibility index (Phi) is 74.3. The van der Waals surface area contributed by atoms with Crippen LogP contribution in [0.1, 0.15) is 453 Å². The number of rotatable bonds is 84. The van der Waals surface area contributed by atoms with Crippen molar-refractivity contribution in [3.63, 3.8) is 0 Å². The molecule has 0 rings (SSSR count). The van der Waals surface area contributed by atoms with E-state index in [2.05, 4.69) is 55.4 Å². The zero-order valence-electron chi connectivity index (χ0n) is 70.1. The number of hydrogen-bond acceptors (Lipinski definition) is 15. The van der Waals surface area contributed by atoms with Crippen LogP contribution in [0.25, 0.3) is 0 Å². The van der Waals surface area contributed by atoms with Gasteiger partial charge in [-0.25, -0.2) is 9.13 Å². The quantitative estimate of drug-likeness (QED) is 0.0222. The van der Waals surface area contributed by atoms with Crippen LogP contribution in [0.4, 0.5) is 0 Å². The van der Waals surface area contributed by atoms with E-state index in [9.17, 15) is 43.2 Å². The molecule has 0 fully saturated rings. The second-order valence-corrected chi connectivity index (χ2v) is 35.6. The van der Waals surface area contributed by atoms with Crippen molar-refractivity contribution in [2.75, 3.05) is 39.6 Å². The van der Waals surface area contributed by atoms with Crippen LogP contribution < -0.4 is 0 Å². The van der Waals surface area contributed by atoms with Crippen molar-refractivity contribution in [2.24, 2.45) is 23.7 Å². The molecule has 106 heavy (non-hydrogen) atoms. The standard InChI is InChI=1S/C87H170O17P2/c1-9-79(7)65-57-49-41-35-29-23-18-20-26-32-38-44-54-62-70-87(92)104-83(74-98-85(90)68-60-52-46-45-50-58-66-80(8)10-2)76-102-106(95,96)100-72-81(88)71-99-105(93,94)101-75-82(103-86(91)69-61-53-43-37-31-25-19-17-22-28-34-40-48-56-64-78(5)6)73-97-84(89)67-59-51-42-36-30-24-16-14-12-11-13-15-21-27-33-39-47-55-63-77(3)4/h77-83,88H,9-76H2,1-8H3,(H,93,94)(H,95,96)/t79?,80?,81-,82-,83-/m1/s1. The fourth-order valence-electron chi connectivity index (χ4n) is 13.4. The first-order valence-corrected chi connectivity index (χ1v) is 47.8. The summed E-state index contributed by atoms with van der Waals surface area (Å²) in [6.45, 7) is 14.4. The Balaban J connectivity index is 5.23. The van der Waals surface area contributed by atoms with Crippen LogP contribution >= 0.6 is 15.6 Å². The summed E-state index contributed by atoms with van der Waals surface area (Å²) in [4.78, 5) is 73.2. The number of ether oxygens (including phenoxy) is 4. The third kappa shape index (κ3) is 77.4. The summed E-state index contributed by atoms with van der Waals surface area (Å²) in [7, 11) is -9.93. The van der Waals surface area contributed by atoms with Crippen LogP contribution in [0, 0.1) is 23.7 Å². The van der Waals surface area contributed by atoms with Gasteiger partial charge < -0.3 is 33.8 Å². The normalized spacial score (nSPS) is 14.4. The SMILES string of the molecule is CCC(C)CCCCCCCCCCCCCCCCC(=O)O[C@H](COC(=O)CCCCCCCCC(C)CC)COP(=O)(O)OC[C@H](O)COP(=O)(O)OC[C@@H](COC(=O)CCCCCCCCCCCCCCCCCCCCC(C)C)OC(=O)CCCCCCCCCCCCCCCCC(C)C. The molecule has 19 heteroatoms. The van der Waals surface area contributed by atoms with Crippen LogP contribution in [0.2, 0.25) is 0 Å². The van der Waals surface area contributed by atoms with Gasteiger partial charge >= 0.3 is 39.5 Å².